The Kier molecular flexibility index (Phi) is 30.7. The molecule has 6 aromatic carbocycles. The number of hydrogen-bond acceptors (Lipinski definition) is 7. The van der Waals surface area contributed by atoms with E-state index in [9.17, 15) is 50.9 Å². The van der Waals surface area contributed by atoms with E-state index in [1.54, 1.807) is 12.1 Å². The summed E-state index contributed by atoms with van der Waals surface area (Å²) in [5.74, 6) is -2.41. The summed E-state index contributed by atoms with van der Waals surface area (Å²) in [7, 11) is 0. The summed E-state index contributed by atoms with van der Waals surface area (Å²) >= 11 is 0. The van der Waals surface area contributed by atoms with Crippen molar-refractivity contribution in [2.24, 2.45) is 0 Å². The molecule has 6 rings (SSSR count). The molecular weight excluding hydrogens is 1050 g/mol. The monoisotopic (exact) mass is 1130 g/mol. The Bertz CT molecular complexity index is 2730. The highest BCUT2D eigenvalue weighted by molar-refractivity contribution is 5.97. The Balaban J connectivity index is 0.000000262. The number of benzene rings is 6. The zero-order valence-electron chi connectivity index (χ0n) is 46.8. The molecule has 0 aromatic heterocycles. The van der Waals surface area contributed by atoms with Crippen LogP contribution in [0.2, 0.25) is 0 Å². The molecule has 0 aliphatic rings. The van der Waals surface area contributed by atoms with Crippen LogP contribution in [0.15, 0.2) is 133 Å². The van der Waals surface area contributed by atoms with Crippen LogP contribution >= 0.6 is 0 Å². The normalized spacial score (nSPS) is 10.9. The van der Waals surface area contributed by atoms with Crippen LogP contribution in [0, 0.1) is 0 Å². The number of carboxylic acids is 2. The van der Waals surface area contributed by atoms with Gasteiger partial charge in [0.25, 0.3) is 0 Å². The molecule has 0 fully saturated rings. The van der Waals surface area contributed by atoms with Gasteiger partial charge in [-0.3, -0.25) is 0 Å². The summed E-state index contributed by atoms with van der Waals surface area (Å²) in [6.45, 7) is -2.18. The van der Waals surface area contributed by atoms with E-state index in [-0.39, 0.29) is 33.9 Å². The number of carbonyl (C=O) groups is 3. The molecule has 2 N–H and O–H groups in total. The first-order valence-electron chi connectivity index (χ1n) is 28.3. The molecule has 438 valence electrons. The molecule has 0 amide bonds. The maximum absolute atomic E-state index is 12.5. The van der Waals surface area contributed by atoms with Crippen LogP contribution in [0.25, 0.3) is 22.3 Å². The summed E-state index contributed by atoms with van der Waals surface area (Å²) in [4.78, 5) is 35.0. The molecule has 0 atom stereocenters. The maximum atomic E-state index is 12.5. The lowest BCUT2D eigenvalue weighted by Gasteiger charge is -2.11. The van der Waals surface area contributed by atoms with E-state index in [0.29, 0.717) is 28.0 Å². The van der Waals surface area contributed by atoms with E-state index in [1.807, 2.05) is 60.7 Å². The van der Waals surface area contributed by atoms with Gasteiger partial charge in [0.1, 0.15) is 23.0 Å². The third kappa shape index (κ3) is 25.8. The minimum atomic E-state index is -2.95. The molecule has 0 aliphatic heterocycles. The molecule has 0 unspecified atom stereocenters. The van der Waals surface area contributed by atoms with Crippen molar-refractivity contribution in [2.75, 3.05) is 0 Å². The molecule has 15 heteroatoms. The van der Waals surface area contributed by atoms with E-state index in [2.05, 4.69) is 35.0 Å². The first kappa shape index (κ1) is 66.2. The molecule has 81 heavy (non-hydrogen) atoms. The quantitative estimate of drug-likeness (QED) is 0.0179. The number of aromatic carboxylic acids is 2. The van der Waals surface area contributed by atoms with Gasteiger partial charge in [-0.25, -0.2) is 14.4 Å². The van der Waals surface area contributed by atoms with Crippen molar-refractivity contribution in [3.8, 4) is 45.3 Å². The lowest BCUT2D eigenvalue weighted by molar-refractivity contribution is -0.0505. The van der Waals surface area contributed by atoms with Gasteiger partial charge in [0.05, 0.1) is 16.7 Å². The predicted molar refractivity (Wildman–Crippen MR) is 307 cm³/mol. The van der Waals surface area contributed by atoms with Crippen LogP contribution in [0.4, 0.5) is 26.3 Å². The second-order valence-electron chi connectivity index (χ2n) is 19.7. The second-order valence-corrected chi connectivity index (χ2v) is 19.7. The smallest absolute Gasteiger partial charge is 0.387 e. The average molecular weight is 1130 g/mol. The summed E-state index contributed by atoms with van der Waals surface area (Å²) in [5.41, 5.74) is 6.04. The van der Waals surface area contributed by atoms with Crippen molar-refractivity contribution in [3.63, 3.8) is 0 Å². The number of carbonyl (C=O) groups excluding carboxylic acids is 1. The maximum Gasteiger partial charge on any atom is 0.387 e. The summed E-state index contributed by atoms with van der Waals surface area (Å²) < 4.78 is 92.4. The topological polar surface area (TPSA) is 129 Å². The van der Waals surface area contributed by atoms with Crippen molar-refractivity contribution in [2.45, 2.75) is 175 Å². The van der Waals surface area contributed by atoms with Crippen LogP contribution in [0.5, 0.6) is 23.0 Å². The number of rotatable bonds is 33. The van der Waals surface area contributed by atoms with Crippen LogP contribution in [0.3, 0.4) is 0 Å². The first-order chi connectivity index (χ1) is 39.1. The molecule has 0 spiro atoms. The Morgan fingerprint density at radius 3 is 1.00 bits per heavy atom. The number of esters is 1. The van der Waals surface area contributed by atoms with Crippen molar-refractivity contribution in [1.29, 1.82) is 0 Å². The average Bonchev–Trinajstić information content (AvgIpc) is 3.46. The Morgan fingerprint density at radius 2 is 0.667 bits per heavy atom. The lowest BCUT2D eigenvalue weighted by atomic mass is 9.97. The molecule has 9 nitrogen and oxygen atoms in total. The highest BCUT2D eigenvalue weighted by atomic mass is 19.3. The van der Waals surface area contributed by atoms with Crippen LogP contribution < -0.4 is 18.9 Å². The summed E-state index contributed by atoms with van der Waals surface area (Å²) in [5, 5.41) is 18.8. The SMILES string of the molecule is CCCCCCCCCc1ccc(-c2cc(OC(F)F)ccc2C(=O)O)cc1.CCCCCCCCc1ccc(-c2cc(OC(F)F)ccc2C(=O)O)cc1.CCCCCCCc1ccc(OC(=O)c2ccc(OC(F)F)cc2)cc1. The van der Waals surface area contributed by atoms with Gasteiger partial charge < -0.3 is 29.2 Å². The fourth-order valence-corrected chi connectivity index (χ4v) is 8.94. The van der Waals surface area contributed by atoms with Crippen LogP contribution in [-0.4, -0.2) is 48.0 Å². The molecule has 0 saturated heterocycles. The molecule has 0 saturated carbocycles. The minimum Gasteiger partial charge on any atom is -0.478 e. The van der Waals surface area contributed by atoms with Gasteiger partial charge in [0.2, 0.25) is 0 Å². The highest BCUT2D eigenvalue weighted by Gasteiger charge is 2.17. The van der Waals surface area contributed by atoms with Gasteiger partial charge in [-0.15, -0.1) is 0 Å². The van der Waals surface area contributed by atoms with Gasteiger partial charge in [0, 0.05) is 0 Å². The second kappa shape index (κ2) is 37.6. The van der Waals surface area contributed by atoms with E-state index in [0.717, 1.165) is 38.5 Å². The number of halogens is 6. The predicted octanol–water partition coefficient (Wildman–Crippen LogP) is 19.5. The number of unbranched alkanes of at least 4 members (excludes halogenated alkanes) is 15. The fourth-order valence-electron chi connectivity index (χ4n) is 8.94. The van der Waals surface area contributed by atoms with E-state index in [1.165, 1.54) is 174 Å². The molecule has 6 aromatic rings. The molecular formula is C66H78F6O9. The van der Waals surface area contributed by atoms with Crippen LogP contribution in [-0.2, 0) is 19.3 Å². The number of carboxylic acid groups (broad SMARTS) is 2. The standard InChI is InChI=1S/C23H28F2O3.C22H26F2O3.C21H24F2O3/c1-2-3-4-5-6-7-8-9-17-10-12-18(13-11-17)21-16-19(28-23(24)25)14-15-20(21)22(26)27;1-2-3-4-5-6-7-8-16-9-11-17(12-10-16)20-15-18(27-22(23)24)13-14-19(20)21(25)26;1-2-3-4-5-6-7-16-8-12-18(13-9-16)25-20(24)17-10-14-19(15-11-17)26-21(22)23/h10-16,23H,2-9H2,1H3,(H,26,27);9-15,22H,2-8H2,1H3,(H,25,26);8-15,21H,2-7H2,1H3. The summed E-state index contributed by atoms with van der Waals surface area (Å²) in [6, 6.07) is 35.9. The Morgan fingerprint density at radius 1 is 0.370 bits per heavy atom. The fraction of sp³-hybridized carbons (Fsp3) is 0.409. The van der Waals surface area contributed by atoms with Crippen LogP contribution in [0.1, 0.15) is 184 Å². The van der Waals surface area contributed by atoms with E-state index < -0.39 is 37.7 Å². The van der Waals surface area contributed by atoms with Crippen molar-refractivity contribution in [1.82, 2.24) is 0 Å². The molecule has 0 bridgehead atoms. The zero-order chi connectivity index (χ0) is 58.8. The van der Waals surface area contributed by atoms with Gasteiger partial charge in [0.15, 0.2) is 0 Å². The van der Waals surface area contributed by atoms with Crippen molar-refractivity contribution < 1.29 is 69.9 Å². The third-order valence-corrected chi connectivity index (χ3v) is 13.3. The number of alkyl halides is 6. The van der Waals surface area contributed by atoms with Gasteiger partial charge >= 0.3 is 37.7 Å². The van der Waals surface area contributed by atoms with Gasteiger partial charge in [-0.2, -0.15) is 26.3 Å². The lowest BCUT2D eigenvalue weighted by Crippen LogP contribution is -2.09. The van der Waals surface area contributed by atoms with Crippen molar-refractivity contribution >= 4 is 17.9 Å². The Labute approximate surface area is 473 Å². The van der Waals surface area contributed by atoms with Gasteiger partial charge in [-0.05, 0) is 150 Å². The third-order valence-electron chi connectivity index (χ3n) is 13.3. The molecule has 0 aliphatic carbocycles. The minimum absolute atomic E-state index is 0.000148. The van der Waals surface area contributed by atoms with E-state index >= 15 is 0 Å². The highest BCUT2D eigenvalue weighted by Crippen LogP contribution is 2.32. The molecule has 0 heterocycles. The first-order valence-corrected chi connectivity index (χ1v) is 28.3. The molecule has 0 radical (unpaired) electrons. The number of aryl methyl sites for hydroxylation is 3. The van der Waals surface area contributed by atoms with Gasteiger partial charge in [-0.1, -0.05) is 178 Å². The largest absolute Gasteiger partial charge is 0.478 e. The zero-order valence-corrected chi connectivity index (χ0v) is 46.8. The number of hydrogen-bond donors (Lipinski definition) is 2. The Hall–Kier alpha value is -7.29. The summed E-state index contributed by atoms with van der Waals surface area (Å²) in [6.07, 6.45) is 25.3. The van der Waals surface area contributed by atoms with E-state index in [4.69, 9.17) is 4.74 Å². The number of ether oxygens (including phenoxy) is 4. The van der Waals surface area contributed by atoms with Crippen molar-refractivity contribution in [3.05, 3.63) is 167 Å².